The lowest BCUT2D eigenvalue weighted by Crippen LogP contribution is -2.24. The van der Waals surface area contributed by atoms with Gasteiger partial charge in [0.1, 0.15) is 11.4 Å². The second-order valence-electron chi connectivity index (χ2n) is 3.96. The highest BCUT2D eigenvalue weighted by atomic mass is 35.5. The number of rotatable bonds is 4. The Morgan fingerprint density at radius 3 is 2.85 bits per heavy atom. The molecule has 1 heterocycles. The molecule has 0 atom stereocenters. The highest BCUT2D eigenvalue weighted by molar-refractivity contribution is 6.31. The van der Waals surface area contributed by atoms with E-state index in [4.69, 9.17) is 27.9 Å². The molecular formula is C14H12Cl2N2O2. The van der Waals surface area contributed by atoms with Crippen molar-refractivity contribution in [2.45, 2.75) is 6.54 Å². The van der Waals surface area contributed by atoms with Crippen LogP contribution in [0.2, 0.25) is 10.0 Å². The van der Waals surface area contributed by atoms with Gasteiger partial charge in [-0.2, -0.15) is 0 Å². The topological polar surface area (TPSA) is 51.2 Å². The first-order valence-corrected chi connectivity index (χ1v) is 6.58. The molecule has 0 radical (unpaired) electrons. The van der Waals surface area contributed by atoms with Crippen molar-refractivity contribution < 1.29 is 9.53 Å². The van der Waals surface area contributed by atoms with E-state index in [1.165, 1.54) is 12.3 Å². The third kappa shape index (κ3) is 3.40. The number of hydrogen-bond donors (Lipinski definition) is 1. The number of methoxy groups -OCH3 is 1. The lowest BCUT2D eigenvalue weighted by Gasteiger charge is -2.11. The number of amides is 1. The minimum atomic E-state index is -0.325. The maximum atomic E-state index is 12.0. The SMILES string of the molecule is COc1cccc(Cl)c1CNC(=O)c1cc(Cl)ccn1. The molecule has 20 heavy (non-hydrogen) atoms. The molecule has 1 aromatic heterocycles. The van der Waals surface area contributed by atoms with Crippen LogP contribution in [0.3, 0.4) is 0 Å². The van der Waals surface area contributed by atoms with Gasteiger partial charge in [-0.3, -0.25) is 9.78 Å². The summed E-state index contributed by atoms with van der Waals surface area (Å²) in [6, 6.07) is 8.41. The third-order valence-electron chi connectivity index (χ3n) is 2.68. The zero-order chi connectivity index (χ0) is 14.5. The first-order valence-electron chi connectivity index (χ1n) is 5.83. The monoisotopic (exact) mass is 310 g/mol. The van der Waals surface area contributed by atoms with Crippen LogP contribution in [0, 0.1) is 0 Å². The normalized spacial score (nSPS) is 10.2. The molecule has 2 aromatic rings. The number of hydrogen-bond acceptors (Lipinski definition) is 3. The molecule has 0 aliphatic carbocycles. The number of benzene rings is 1. The number of ether oxygens (including phenoxy) is 1. The van der Waals surface area contributed by atoms with Gasteiger partial charge in [-0.05, 0) is 24.3 Å². The van der Waals surface area contributed by atoms with E-state index in [1.807, 2.05) is 0 Å². The molecule has 0 unspecified atom stereocenters. The Morgan fingerprint density at radius 1 is 1.35 bits per heavy atom. The highest BCUT2D eigenvalue weighted by Gasteiger charge is 2.11. The first kappa shape index (κ1) is 14.6. The van der Waals surface area contributed by atoms with Crippen molar-refractivity contribution in [1.29, 1.82) is 0 Å². The molecule has 0 aliphatic rings. The van der Waals surface area contributed by atoms with Crippen LogP contribution in [0.1, 0.15) is 16.1 Å². The maximum absolute atomic E-state index is 12.0. The van der Waals surface area contributed by atoms with Crippen molar-refractivity contribution in [2.24, 2.45) is 0 Å². The average Bonchev–Trinajstić information content (AvgIpc) is 2.45. The smallest absolute Gasteiger partial charge is 0.270 e. The summed E-state index contributed by atoms with van der Waals surface area (Å²) in [4.78, 5) is 15.9. The van der Waals surface area contributed by atoms with Crippen LogP contribution < -0.4 is 10.1 Å². The number of nitrogens with one attached hydrogen (secondary N) is 1. The Labute approximate surface area is 126 Å². The second-order valence-corrected chi connectivity index (χ2v) is 4.81. The summed E-state index contributed by atoms with van der Waals surface area (Å²) in [6.45, 7) is 0.246. The fourth-order valence-electron chi connectivity index (χ4n) is 1.69. The number of aromatic nitrogens is 1. The van der Waals surface area contributed by atoms with E-state index in [9.17, 15) is 4.79 Å². The third-order valence-corrected chi connectivity index (χ3v) is 3.27. The Kier molecular flexibility index (Phi) is 4.82. The minimum Gasteiger partial charge on any atom is -0.496 e. The van der Waals surface area contributed by atoms with Crippen LogP contribution in [-0.4, -0.2) is 18.0 Å². The van der Waals surface area contributed by atoms with Crippen molar-refractivity contribution in [3.63, 3.8) is 0 Å². The van der Waals surface area contributed by atoms with Crippen molar-refractivity contribution in [3.05, 3.63) is 57.8 Å². The Morgan fingerprint density at radius 2 is 2.15 bits per heavy atom. The van der Waals surface area contributed by atoms with Crippen molar-refractivity contribution in [3.8, 4) is 5.75 Å². The molecule has 0 fully saturated rings. The summed E-state index contributed by atoms with van der Waals surface area (Å²) >= 11 is 11.9. The molecule has 0 spiro atoms. The van der Waals surface area contributed by atoms with Crippen LogP contribution in [0.25, 0.3) is 0 Å². The van der Waals surface area contributed by atoms with Gasteiger partial charge in [0.05, 0.1) is 7.11 Å². The molecule has 4 nitrogen and oxygen atoms in total. The van der Waals surface area contributed by atoms with Crippen molar-refractivity contribution in [1.82, 2.24) is 10.3 Å². The molecule has 0 aliphatic heterocycles. The van der Waals surface area contributed by atoms with Crippen LogP contribution in [0.5, 0.6) is 5.75 Å². The van der Waals surface area contributed by atoms with Gasteiger partial charge in [0.2, 0.25) is 0 Å². The Bertz CT molecular complexity index is 632. The molecule has 2 rings (SSSR count). The fraction of sp³-hybridized carbons (Fsp3) is 0.143. The molecular weight excluding hydrogens is 299 g/mol. The van der Waals surface area contributed by atoms with Gasteiger partial charge in [-0.25, -0.2) is 0 Å². The van der Waals surface area contributed by atoms with Gasteiger partial charge in [-0.1, -0.05) is 29.3 Å². The van der Waals surface area contributed by atoms with E-state index < -0.39 is 0 Å². The minimum absolute atomic E-state index is 0.246. The molecule has 6 heteroatoms. The molecule has 104 valence electrons. The van der Waals surface area contributed by atoms with Gasteiger partial charge in [-0.15, -0.1) is 0 Å². The summed E-state index contributed by atoms with van der Waals surface area (Å²) in [6.07, 6.45) is 1.48. The summed E-state index contributed by atoms with van der Waals surface area (Å²) < 4.78 is 5.21. The number of pyridine rings is 1. The molecule has 1 aromatic carbocycles. The van der Waals surface area contributed by atoms with Gasteiger partial charge in [0.15, 0.2) is 0 Å². The van der Waals surface area contributed by atoms with Gasteiger partial charge >= 0.3 is 0 Å². The average molecular weight is 311 g/mol. The predicted molar refractivity (Wildman–Crippen MR) is 78.4 cm³/mol. The van der Waals surface area contributed by atoms with E-state index in [-0.39, 0.29) is 18.1 Å². The molecule has 1 N–H and O–H groups in total. The van der Waals surface area contributed by atoms with Crippen LogP contribution in [-0.2, 0) is 6.54 Å². The first-order chi connectivity index (χ1) is 9.61. The lowest BCUT2D eigenvalue weighted by molar-refractivity contribution is 0.0945. The quantitative estimate of drug-likeness (QED) is 0.942. The lowest BCUT2D eigenvalue weighted by atomic mass is 10.2. The summed E-state index contributed by atoms with van der Waals surface area (Å²) in [5, 5.41) is 3.72. The zero-order valence-electron chi connectivity index (χ0n) is 10.7. The molecule has 0 bridgehead atoms. The van der Waals surface area contributed by atoms with E-state index >= 15 is 0 Å². The molecule has 1 amide bonds. The van der Waals surface area contributed by atoms with Gasteiger partial charge < -0.3 is 10.1 Å². The Balaban J connectivity index is 2.11. The predicted octanol–water partition coefficient (Wildman–Crippen LogP) is 3.33. The van der Waals surface area contributed by atoms with E-state index in [2.05, 4.69) is 10.3 Å². The maximum Gasteiger partial charge on any atom is 0.270 e. The van der Waals surface area contributed by atoms with Crippen molar-refractivity contribution >= 4 is 29.1 Å². The molecule has 0 saturated heterocycles. The number of nitrogens with zero attached hydrogens (tertiary/aromatic N) is 1. The van der Waals surface area contributed by atoms with Gasteiger partial charge in [0.25, 0.3) is 5.91 Å². The van der Waals surface area contributed by atoms with E-state index in [0.29, 0.717) is 21.4 Å². The summed E-state index contributed by atoms with van der Waals surface area (Å²) in [7, 11) is 1.55. The van der Waals surface area contributed by atoms with Gasteiger partial charge in [0, 0.05) is 28.4 Å². The number of carbonyl (C=O) groups excluding carboxylic acids is 1. The number of halogens is 2. The van der Waals surface area contributed by atoms with Crippen LogP contribution in [0.15, 0.2) is 36.5 Å². The van der Waals surface area contributed by atoms with E-state index in [1.54, 1.807) is 31.4 Å². The number of carbonyl (C=O) groups is 1. The van der Waals surface area contributed by atoms with Crippen molar-refractivity contribution in [2.75, 3.05) is 7.11 Å². The fourth-order valence-corrected chi connectivity index (χ4v) is 2.08. The van der Waals surface area contributed by atoms with Crippen LogP contribution >= 0.6 is 23.2 Å². The molecule has 0 saturated carbocycles. The standard InChI is InChI=1S/C14H12Cl2N2O2/c1-20-13-4-2-3-11(16)10(13)8-18-14(19)12-7-9(15)5-6-17-12/h2-7H,8H2,1H3,(H,18,19). The van der Waals surface area contributed by atoms with E-state index in [0.717, 1.165) is 0 Å². The summed E-state index contributed by atoms with van der Waals surface area (Å²) in [5.74, 6) is 0.298. The largest absolute Gasteiger partial charge is 0.496 e. The highest BCUT2D eigenvalue weighted by Crippen LogP contribution is 2.25. The zero-order valence-corrected chi connectivity index (χ0v) is 12.2. The summed E-state index contributed by atoms with van der Waals surface area (Å²) in [5.41, 5.74) is 0.968. The Hall–Kier alpha value is -1.78. The second kappa shape index (κ2) is 6.59. The van der Waals surface area contributed by atoms with Crippen LogP contribution in [0.4, 0.5) is 0 Å².